The summed E-state index contributed by atoms with van der Waals surface area (Å²) in [7, 11) is -4.07. The Hall–Kier alpha value is -3.23. The molecule has 0 saturated heterocycles. The molecule has 0 heterocycles. The second kappa shape index (κ2) is 9.43. The molecule has 35 heavy (non-hydrogen) atoms. The van der Waals surface area contributed by atoms with Crippen LogP contribution in [0.5, 0.6) is 17.2 Å². The molecule has 0 fully saturated rings. The molecule has 0 aliphatic rings. The number of hydrogen-bond acceptors (Lipinski definition) is 4. The number of rotatable bonds is 6. The van der Waals surface area contributed by atoms with E-state index in [9.17, 15) is 4.57 Å². The molecule has 0 N–H and O–H groups in total. The van der Waals surface area contributed by atoms with Crippen LogP contribution in [0, 0.1) is 0 Å². The molecule has 0 amide bonds. The minimum absolute atomic E-state index is 0.00484. The van der Waals surface area contributed by atoms with E-state index in [1.165, 1.54) is 0 Å². The first-order chi connectivity index (χ1) is 16.4. The van der Waals surface area contributed by atoms with Crippen molar-refractivity contribution in [1.82, 2.24) is 0 Å². The fourth-order valence-corrected chi connectivity index (χ4v) is 4.94. The van der Waals surface area contributed by atoms with Gasteiger partial charge in [0.1, 0.15) is 17.2 Å². The predicted molar refractivity (Wildman–Crippen MR) is 144 cm³/mol. The summed E-state index contributed by atoms with van der Waals surface area (Å²) in [5.41, 5.74) is 2.28. The van der Waals surface area contributed by atoms with Gasteiger partial charge in [-0.3, -0.25) is 0 Å². The summed E-state index contributed by atoms with van der Waals surface area (Å²) in [4.78, 5) is 0. The molecule has 0 radical (unpaired) electrons. The molecule has 0 aliphatic heterocycles. The second-order valence-corrected chi connectivity index (χ2v) is 12.2. The van der Waals surface area contributed by atoms with Crippen molar-refractivity contribution in [2.45, 2.75) is 52.4 Å². The smallest absolute Gasteiger partial charge is 0.386 e. The maximum atomic E-state index is 14.0. The zero-order valence-corrected chi connectivity index (χ0v) is 22.1. The van der Waals surface area contributed by atoms with Gasteiger partial charge in [0.2, 0.25) is 0 Å². The van der Waals surface area contributed by atoms with Gasteiger partial charge in [0.15, 0.2) is 0 Å². The highest BCUT2D eigenvalue weighted by atomic mass is 31.2. The summed E-state index contributed by atoms with van der Waals surface area (Å²) in [6.45, 7) is 12.8. The lowest BCUT2D eigenvalue weighted by molar-refractivity contribution is 0.298. The van der Waals surface area contributed by atoms with Gasteiger partial charge in [-0.25, -0.2) is 0 Å². The number of hydrogen-bond donors (Lipinski definition) is 0. The van der Waals surface area contributed by atoms with E-state index >= 15 is 0 Å². The first-order valence-electron chi connectivity index (χ1n) is 11.8. The molecule has 4 nitrogen and oxygen atoms in total. The Kier molecular flexibility index (Phi) is 6.71. The van der Waals surface area contributed by atoms with Gasteiger partial charge in [-0.15, -0.1) is 0 Å². The minimum atomic E-state index is -4.07. The van der Waals surface area contributed by atoms with E-state index in [2.05, 4.69) is 41.5 Å². The lowest BCUT2D eigenvalue weighted by Crippen LogP contribution is -2.12. The fourth-order valence-electron chi connectivity index (χ4n) is 3.70. The molecular formula is C30H33O4P. The van der Waals surface area contributed by atoms with Crippen LogP contribution in [0.1, 0.15) is 52.7 Å². The molecule has 4 rings (SSSR count). The van der Waals surface area contributed by atoms with Crippen molar-refractivity contribution in [2.75, 3.05) is 0 Å². The number of fused-ring (bicyclic) bond motifs is 1. The average molecular weight is 489 g/mol. The Morgan fingerprint density at radius 1 is 0.514 bits per heavy atom. The zero-order valence-electron chi connectivity index (χ0n) is 21.2. The molecule has 0 aliphatic carbocycles. The Bertz CT molecular complexity index is 1280. The normalized spacial score (nSPS) is 12.4. The molecular weight excluding hydrogens is 455 g/mol. The van der Waals surface area contributed by atoms with Gasteiger partial charge >= 0.3 is 7.82 Å². The first-order valence-corrected chi connectivity index (χ1v) is 13.3. The zero-order chi connectivity index (χ0) is 25.3. The fraction of sp³-hybridized carbons (Fsp3) is 0.267. The second-order valence-electron chi connectivity index (χ2n) is 10.8. The highest BCUT2D eigenvalue weighted by Gasteiger charge is 2.33. The van der Waals surface area contributed by atoms with Crippen molar-refractivity contribution in [3.8, 4) is 17.2 Å². The summed E-state index contributed by atoms with van der Waals surface area (Å²) in [6, 6.07) is 28.5. The van der Waals surface area contributed by atoms with Crippen LogP contribution in [-0.4, -0.2) is 0 Å². The van der Waals surface area contributed by atoms with Crippen molar-refractivity contribution in [2.24, 2.45) is 0 Å². The van der Waals surface area contributed by atoms with Crippen molar-refractivity contribution in [1.29, 1.82) is 0 Å². The molecule has 4 aromatic rings. The monoisotopic (exact) mass is 488 g/mol. The van der Waals surface area contributed by atoms with E-state index in [1.807, 2.05) is 60.7 Å². The molecule has 0 bridgehead atoms. The highest BCUT2D eigenvalue weighted by molar-refractivity contribution is 7.49. The third-order valence-electron chi connectivity index (χ3n) is 5.81. The van der Waals surface area contributed by atoms with E-state index in [0.717, 1.165) is 21.9 Å². The van der Waals surface area contributed by atoms with Crippen LogP contribution >= 0.6 is 7.82 Å². The molecule has 5 heteroatoms. The molecule has 0 spiro atoms. The van der Waals surface area contributed by atoms with E-state index in [-0.39, 0.29) is 10.8 Å². The third kappa shape index (κ3) is 6.26. The van der Waals surface area contributed by atoms with Crippen LogP contribution in [0.15, 0.2) is 91.0 Å². The summed E-state index contributed by atoms with van der Waals surface area (Å²) in [6.07, 6.45) is 0. The molecule has 4 aromatic carbocycles. The van der Waals surface area contributed by atoms with Crippen molar-refractivity contribution in [3.63, 3.8) is 0 Å². The summed E-state index contributed by atoms with van der Waals surface area (Å²) in [5, 5.41) is 2.03. The van der Waals surface area contributed by atoms with Crippen LogP contribution in [0.2, 0.25) is 0 Å². The van der Waals surface area contributed by atoms with E-state index < -0.39 is 7.82 Å². The van der Waals surface area contributed by atoms with Crippen molar-refractivity contribution in [3.05, 3.63) is 102 Å². The maximum Gasteiger partial charge on any atom is 0.647 e. The maximum absolute atomic E-state index is 14.0. The van der Waals surface area contributed by atoms with Crippen LogP contribution in [0.4, 0.5) is 0 Å². The summed E-state index contributed by atoms with van der Waals surface area (Å²) >= 11 is 0. The minimum Gasteiger partial charge on any atom is -0.386 e. The van der Waals surface area contributed by atoms with E-state index in [1.54, 1.807) is 30.3 Å². The van der Waals surface area contributed by atoms with Crippen LogP contribution in [0.3, 0.4) is 0 Å². The topological polar surface area (TPSA) is 44.8 Å². The molecule has 0 atom stereocenters. The van der Waals surface area contributed by atoms with Crippen molar-refractivity contribution < 1.29 is 18.1 Å². The number of phosphoric acid groups is 1. The molecule has 0 saturated carbocycles. The molecule has 182 valence electrons. The van der Waals surface area contributed by atoms with Gasteiger partial charge in [0.25, 0.3) is 0 Å². The van der Waals surface area contributed by atoms with E-state index in [0.29, 0.717) is 17.2 Å². The van der Waals surface area contributed by atoms with Gasteiger partial charge in [0.05, 0.1) is 0 Å². The van der Waals surface area contributed by atoms with Crippen LogP contribution < -0.4 is 13.6 Å². The highest BCUT2D eigenvalue weighted by Crippen LogP contribution is 2.50. The van der Waals surface area contributed by atoms with Crippen LogP contribution in [-0.2, 0) is 15.4 Å². The van der Waals surface area contributed by atoms with Gasteiger partial charge in [0, 0.05) is 0 Å². The standard InChI is InChI=1S/C30H33O4P/c1-29(2,3)24-12-17-26(18-13-24)32-35(31,33-27-19-14-25(15-20-27)30(4,5)6)34-28-16-11-22-9-7-8-10-23(22)21-28/h7-21H,1-6H3. The largest absolute Gasteiger partial charge is 0.647 e. The summed E-state index contributed by atoms with van der Waals surface area (Å²) in [5.74, 6) is 1.23. The van der Waals surface area contributed by atoms with Gasteiger partial charge < -0.3 is 13.6 Å². The third-order valence-corrected chi connectivity index (χ3v) is 7.12. The molecule has 0 aromatic heterocycles. The SMILES string of the molecule is CC(C)(C)c1ccc(OP(=O)(Oc2ccc(C(C)(C)C)cc2)Oc2ccc3ccccc3c2)cc1. The lowest BCUT2D eigenvalue weighted by atomic mass is 9.87. The first kappa shape index (κ1) is 24.9. The molecule has 0 unspecified atom stereocenters. The summed E-state index contributed by atoms with van der Waals surface area (Å²) < 4.78 is 31.7. The Morgan fingerprint density at radius 2 is 0.914 bits per heavy atom. The number of phosphoric ester groups is 1. The Morgan fingerprint density at radius 3 is 1.37 bits per heavy atom. The Labute approximate surface area is 208 Å². The van der Waals surface area contributed by atoms with Gasteiger partial charge in [-0.05, 0) is 69.1 Å². The lowest BCUT2D eigenvalue weighted by Gasteiger charge is -2.22. The van der Waals surface area contributed by atoms with Gasteiger partial charge in [-0.1, -0.05) is 96.1 Å². The van der Waals surface area contributed by atoms with Crippen molar-refractivity contribution >= 4 is 18.6 Å². The van der Waals surface area contributed by atoms with Gasteiger partial charge in [-0.2, -0.15) is 4.57 Å². The van der Waals surface area contributed by atoms with Crippen LogP contribution in [0.25, 0.3) is 10.8 Å². The quantitative estimate of drug-likeness (QED) is 0.254. The predicted octanol–water partition coefficient (Wildman–Crippen LogP) is 9.08. The average Bonchev–Trinajstić information content (AvgIpc) is 2.78. The number of benzene rings is 4. The Balaban J connectivity index is 1.65. The van der Waals surface area contributed by atoms with E-state index in [4.69, 9.17) is 13.6 Å².